The number of imidazole rings is 1. The maximum Gasteiger partial charge on any atom is 0.255 e. The summed E-state index contributed by atoms with van der Waals surface area (Å²) < 4.78 is 1.90. The molecule has 0 spiro atoms. The molecular weight excluding hydrogens is 288 g/mol. The summed E-state index contributed by atoms with van der Waals surface area (Å²) in [5.74, 6) is 0.0507. The Kier molecular flexibility index (Phi) is 4.37. The first-order chi connectivity index (χ1) is 11.2. The molecule has 0 aliphatic heterocycles. The highest BCUT2D eigenvalue weighted by atomic mass is 16.2. The predicted molar refractivity (Wildman–Crippen MR) is 89.4 cm³/mol. The van der Waals surface area contributed by atoms with Gasteiger partial charge in [-0.25, -0.2) is 4.98 Å². The van der Waals surface area contributed by atoms with Crippen molar-refractivity contribution in [2.24, 2.45) is 0 Å². The molecule has 0 aliphatic carbocycles. The summed E-state index contributed by atoms with van der Waals surface area (Å²) in [6.45, 7) is 5.33. The molecule has 0 saturated heterocycles. The minimum Gasteiger partial charge on any atom is -0.339 e. The number of amides is 1. The Morgan fingerprint density at radius 1 is 1.17 bits per heavy atom. The van der Waals surface area contributed by atoms with Crippen molar-refractivity contribution in [1.82, 2.24) is 19.3 Å². The summed E-state index contributed by atoms with van der Waals surface area (Å²) in [6, 6.07) is 7.70. The molecule has 0 bridgehead atoms. The SMILES string of the molecule is CCN(CCc1ccncc1)C(=O)c1ccc2nc(C)cn2c1. The zero-order valence-electron chi connectivity index (χ0n) is 13.4. The Labute approximate surface area is 135 Å². The van der Waals surface area contributed by atoms with Gasteiger partial charge < -0.3 is 9.30 Å². The Bertz CT molecular complexity index is 810. The summed E-state index contributed by atoms with van der Waals surface area (Å²) >= 11 is 0. The van der Waals surface area contributed by atoms with Crippen molar-refractivity contribution in [2.75, 3.05) is 13.1 Å². The maximum atomic E-state index is 12.7. The second-order valence-corrected chi connectivity index (χ2v) is 5.56. The monoisotopic (exact) mass is 308 g/mol. The molecule has 0 saturated carbocycles. The number of fused-ring (bicyclic) bond motifs is 1. The molecule has 3 aromatic heterocycles. The van der Waals surface area contributed by atoms with Gasteiger partial charge in [0.2, 0.25) is 0 Å². The van der Waals surface area contributed by atoms with E-state index in [9.17, 15) is 4.79 Å². The number of aryl methyl sites for hydroxylation is 1. The lowest BCUT2D eigenvalue weighted by Gasteiger charge is -2.21. The third-order valence-electron chi connectivity index (χ3n) is 3.91. The van der Waals surface area contributed by atoms with E-state index in [4.69, 9.17) is 0 Å². The number of hydrogen-bond donors (Lipinski definition) is 0. The van der Waals surface area contributed by atoms with Crippen LogP contribution in [0.4, 0.5) is 0 Å². The molecule has 0 unspecified atom stereocenters. The Balaban J connectivity index is 1.75. The molecule has 0 fully saturated rings. The third kappa shape index (κ3) is 3.39. The number of hydrogen-bond acceptors (Lipinski definition) is 3. The first kappa shape index (κ1) is 15.2. The van der Waals surface area contributed by atoms with E-state index in [1.54, 1.807) is 12.4 Å². The van der Waals surface area contributed by atoms with Gasteiger partial charge in [-0.3, -0.25) is 9.78 Å². The van der Waals surface area contributed by atoms with Crippen LogP contribution in [0.3, 0.4) is 0 Å². The molecule has 23 heavy (non-hydrogen) atoms. The minimum absolute atomic E-state index is 0.0507. The number of likely N-dealkylation sites (N-methyl/N-ethyl adjacent to an activating group) is 1. The maximum absolute atomic E-state index is 12.7. The van der Waals surface area contributed by atoms with Crippen LogP contribution in [0.1, 0.15) is 28.5 Å². The van der Waals surface area contributed by atoms with Crippen molar-refractivity contribution in [2.45, 2.75) is 20.3 Å². The van der Waals surface area contributed by atoms with Gasteiger partial charge in [0, 0.05) is 37.9 Å². The minimum atomic E-state index is 0.0507. The lowest BCUT2D eigenvalue weighted by atomic mass is 10.1. The van der Waals surface area contributed by atoms with Crippen LogP contribution < -0.4 is 0 Å². The molecule has 0 aromatic carbocycles. The summed E-state index contributed by atoms with van der Waals surface area (Å²) in [7, 11) is 0. The molecule has 5 heteroatoms. The van der Waals surface area contributed by atoms with Crippen LogP contribution in [-0.2, 0) is 6.42 Å². The van der Waals surface area contributed by atoms with E-state index in [0.29, 0.717) is 18.7 Å². The number of pyridine rings is 2. The number of nitrogens with zero attached hydrogens (tertiary/aromatic N) is 4. The first-order valence-corrected chi connectivity index (χ1v) is 7.81. The number of carbonyl (C=O) groups excluding carboxylic acids is 1. The quantitative estimate of drug-likeness (QED) is 0.728. The lowest BCUT2D eigenvalue weighted by molar-refractivity contribution is 0.0765. The second-order valence-electron chi connectivity index (χ2n) is 5.56. The van der Waals surface area contributed by atoms with E-state index in [-0.39, 0.29) is 5.91 Å². The fourth-order valence-corrected chi connectivity index (χ4v) is 2.64. The molecule has 1 amide bonds. The van der Waals surface area contributed by atoms with Gasteiger partial charge in [-0.05, 0) is 50.1 Å². The largest absolute Gasteiger partial charge is 0.339 e. The van der Waals surface area contributed by atoms with Crippen LogP contribution in [0.25, 0.3) is 5.65 Å². The molecular formula is C18H20N4O. The van der Waals surface area contributed by atoms with Gasteiger partial charge in [0.15, 0.2) is 0 Å². The van der Waals surface area contributed by atoms with Crippen molar-refractivity contribution in [3.05, 3.63) is 65.9 Å². The highest BCUT2D eigenvalue weighted by molar-refractivity contribution is 5.94. The predicted octanol–water partition coefficient (Wildman–Crippen LogP) is 2.74. The van der Waals surface area contributed by atoms with E-state index in [1.165, 1.54) is 5.56 Å². The van der Waals surface area contributed by atoms with E-state index in [1.807, 2.05) is 59.8 Å². The Morgan fingerprint density at radius 2 is 1.96 bits per heavy atom. The van der Waals surface area contributed by atoms with E-state index >= 15 is 0 Å². The van der Waals surface area contributed by atoms with Crippen molar-refractivity contribution < 1.29 is 4.79 Å². The second kappa shape index (κ2) is 6.60. The Morgan fingerprint density at radius 3 is 2.70 bits per heavy atom. The average Bonchev–Trinajstić information content (AvgIpc) is 2.95. The standard InChI is InChI=1S/C18H20N4O/c1-3-21(11-8-15-6-9-19-10-7-15)18(23)16-4-5-17-20-14(2)12-22(17)13-16/h4-7,9-10,12-13H,3,8,11H2,1-2H3. The molecule has 5 nitrogen and oxygen atoms in total. The molecule has 3 aromatic rings. The van der Waals surface area contributed by atoms with Gasteiger partial charge in [-0.15, -0.1) is 0 Å². The fourth-order valence-electron chi connectivity index (χ4n) is 2.64. The molecule has 3 heterocycles. The molecule has 0 radical (unpaired) electrons. The normalized spacial score (nSPS) is 10.9. The van der Waals surface area contributed by atoms with Gasteiger partial charge >= 0.3 is 0 Å². The van der Waals surface area contributed by atoms with Gasteiger partial charge in [-0.2, -0.15) is 0 Å². The fraction of sp³-hybridized carbons (Fsp3) is 0.278. The smallest absolute Gasteiger partial charge is 0.255 e. The summed E-state index contributed by atoms with van der Waals surface area (Å²) in [6.07, 6.45) is 8.17. The average molecular weight is 308 g/mol. The van der Waals surface area contributed by atoms with Gasteiger partial charge in [-0.1, -0.05) is 0 Å². The van der Waals surface area contributed by atoms with Crippen LogP contribution in [0.5, 0.6) is 0 Å². The number of carbonyl (C=O) groups is 1. The van der Waals surface area contributed by atoms with Gasteiger partial charge in [0.25, 0.3) is 5.91 Å². The molecule has 3 rings (SSSR count). The van der Waals surface area contributed by atoms with Crippen molar-refractivity contribution in [1.29, 1.82) is 0 Å². The summed E-state index contributed by atoms with van der Waals surface area (Å²) in [5, 5.41) is 0. The van der Waals surface area contributed by atoms with E-state index < -0.39 is 0 Å². The zero-order valence-corrected chi connectivity index (χ0v) is 13.4. The van der Waals surface area contributed by atoms with E-state index in [0.717, 1.165) is 17.8 Å². The van der Waals surface area contributed by atoms with Crippen LogP contribution in [-0.4, -0.2) is 38.3 Å². The lowest BCUT2D eigenvalue weighted by Crippen LogP contribution is -2.32. The first-order valence-electron chi connectivity index (χ1n) is 7.81. The summed E-state index contributed by atoms with van der Waals surface area (Å²) in [4.78, 5) is 23.0. The van der Waals surface area contributed by atoms with Gasteiger partial charge in [0.05, 0.1) is 11.3 Å². The number of rotatable bonds is 5. The van der Waals surface area contributed by atoms with Crippen LogP contribution >= 0.6 is 0 Å². The topological polar surface area (TPSA) is 50.5 Å². The van der Waals surface area contributed by atoms with Crippen molar-refractivity contribution in [3.63, 3.8) is 0 Å². The van der Waals surface area contributed by atoms with Crippen LogP contribution in [0, 0.1) is 6.92 Å². The van der Waals surface area contributed by atoms with Crippen LogP contribution in [0.15, 0.2) is 49.1 Å². The van der Waals surface area contributed by atoms with Crippen LogP contribution in [0.2, 0.25) is 0 Å². The molecule has 0 N–H and O–H groups in total. The number of aromatic nitrogens is 3. The summed E-state index contributed by atoms with van der Waals surface area (Å²) in [5.41, 5.74) is 3.68. The highest BCUT2D eigenvalue weighted by Crippen LogP contribution is 2.11. The molecule has 0 aliphatic rings. The molecule has 0 atom stereocenters. The Hall–Kier alpha value is -2.69. The van der Waals surface area contributed by atoms with Gasteiger partial charge in [0.1, 0.15) is 5.65 Å². The third-order valence-corrected chi connectivity index (χ3v) is 3.91. The van der Waals surface area contributed by atoms with Crippen molar-refractivity contribution in [3.8, 4) is 0 Å². The zero-order chi connectivity index (χ0) is 16.2. The van der Waals surface area contributed by atoms with Crippen molar-refractivity contribution >= 4 is 11.6 Å². The highest BCUT2D eigenvalue weighted by Gasteiger charge is 2.15. The molecule has 118 valence electrons. The van der Waals surface area contributed by atoms with E-state index in [2.05, 4.69) is 9.97 Å².